The SMILES string of the molecule is CC(=O)/C=C(/C)O.Cc1ccccc1-c1ccc2c(oc3c(-c4[c-]c5ccc6ccccc6c5c(CC(C)C)c4)nccc32)c1C.[Ir]. The number of benzene rings is 5. The number of hydrogen-bond acceptors (Lipinski definition) is 4. The van der Waals surface area contributed by atoms with E-state index in [1.807, 2.05) is 6.20 Å². The second kappa shape index (κ2) is 14.0. The Hall–Kier alpha value is -4.57. The van der Waals surface area contributed by atoms with Crippen LogP contribution in [0.25, 0.3) is 65.9 Å². The molecular formula is C42H38IrNO3-. The van der Waals surface area contributed by atoms with Crippen LogP contribution in [-0.4, -0.2) is 15.9 Å². The van der Waals surface area contributed by atoms with Crippen molar-refractivity contribution in [1.82, 2.24) is 4.98 Å². The first kappa shape index (κ1) is 33.8. The summed E-state index contributed by atoms with van der Waals surface area (Å²) >= 11 is 0. The zero-order valence-corrected chi connectivity index (χ0v) is 30.0. The summed E-state index contributed by atoms with van der Waals surface area (Å²) < 4.78 is 6.69. The summed E-state index contributed by atoms with van der Waals surface area (Å²) in [5.41, 5.74) is 9.77. The van der Waals surface area contributed by atoms with Gasteiger partial charge in [-0.3, -0.25) is 9.78 Å². The molecule has 5 aromatic carbocycles. The fraction of sp³-hybridized carbons (Fsp3) is 0.190. The fourth-order valence-electron chi connectivity index (χ4n) is 6.43. The van der Waals surface area contributed by atoms with Crippen molar-refractivity contribution in [3.63, 3.8) is 0 Å². The monoisotopic (exact) mass is 797 g/mol. The van der Waals surface area contributed by atoms with E-state index in [1.54, 1.807) is 0 Å². The van der Waals surface area contributed by atoms with E-state index in [4.69, 9.17) is 14.5 Å². The van der Waals surface area contributed by atoms with E-state index >= 15 is 0 Å². The standard InChI is InChI=1S/C37H30NO.C5H8O2.Ir/c1-22(2)19-27-21-28(20-26-14-13-25-10-6-8-12-31(25)34(26)27)35-37-33(17-18-38-35)32-16-15-30(24(4)36(32)39-37)29-11-7-5-9-23(29)3;1-4(6)3-5(2)7;/h5-18,21-22H,19H2,1-4H3;3,6H,1-2H3;/q-1;;/b;4-3-;. The number of hydrogen-bond donors (Lipinski definition) is 1. The normalized spacial score (nSPS) is 11.6. The molecule has 0 amide bonds. The minimum atomic E-state index is -0.125. The van der Waals surface area contributed by atoms with Crippen LogP contribution in [0.1, 0.15) is 44.4 Å². The smallest absolute Gasteiger partial charge is 0.155 e. The Morgan fingerprint density at radius 1 is 0.872 bits per heavy atom. The molecule has 1 N–H and O–H groups in total. The first-order valence-electron chi connectivity index (χ1n) is 15.7. The van der Waals surface area contributed by atoms with Crippen LogP contribution in [0.5, 0.6) is 0 Å². The molecule has 1 radical (unpaired) electrons. The number of aromatic nitrogens is 1. The van der Waals surface area contributed by atoms with Gasteiger partial charge in [-0.05, 0) is 79.6 Å². The molecule has 0 saturated carbocycles. The van der Waals surface area contributed by atoms with E-state index < -0.39 is 0 Å². The molecule has 0 aliphatic carbocycles. The summed E-state index contributed by atoms with van der Waals surface area (Å²) in [4.78, 5) is 14.9. The summed E-state index contributed by atoms with van der Waals surface area (Å²) in [5, 5.41) is 15.5. The third-order valence-electron chi connectivity index (χ3n) is 8.37. The number of aliphatic hydroxyl groups excluding tert-OH is 1. The zero-order valence-electron chi connectivity index (χ0n) is 27.6. The molecule has 7 rings (SSSR count). The van der Waals surface area contributed by atoms with Crippen LogP contribution >= 0.6 is 0 Å². The maximum absolute atomic E-state index is 10.0. The number of ketones is 1. The Balaban J connectivity index is 0.000000491. The number of furan rings is 1. The number of aliphatic hydroxyl groups is 1. The molecule has 0 fully saturated rings. The molecule has 0 atom stereocenters. The molecule has 0 aliphatic heterocycles. The molecule has 0 saturated heterocycles. The van der Waals surface area contributed by atoms with E-state index in [0.717, 1.165) is 50.6 Å². The van der Waals surface area contributed by atoms with Gasteiger partial charge in [-0.2, -0.15) is 0 Å². The second-order valence-electron chi connectivity index (χ2n) is 12.5. The van der Waals surface area contributed by atoms with Crippen LogP contribution in [0.2, 0.25) is 0 Å². The quantitative estimate of drug-likeness (QED) is 0.0816. The minimum absolute atomic E-state index is 0. The van der Waals surface area contributed by atoms with Gasteiger partial charge in [-0.25, -0.2) is 0 Å². The number of carbonyl (C=O) groups excluding carboxylic acids is 1. The molecule has 47 heavy (non-hydrogen) atoms. The molecule has 7 aromatic rings. The molecule has 0 bridgehead atoms. The molecule has 0 spiro atoms. The van der Waals surface area contributed by atoms with Crippen molar-refractivity contribution < 1.29 is 34.4 Å². The van der Waals surface area contributed by atoms with Crippen molar-refractivity contribution in [3.05, 3.63) is 126 Å². The van der Waals surface area contributed by atoms with E-state index in [0.29, 0.717) is 5.92 Å². The van der Waals surface area contributed by atoms with Gasteiger partial charge in [0.2, 0.25) is 0 Å². The Labute approximate surface area is 289 Å². The Morgan fingerprint density at radius 2 is 1.60 bits per heavy atom. The molecule has 2 aromatic heterocycles. The second-order valence-corrected chi connectivity index (χ2v) is 12.5. The van der Waals surface area contributed by atoms with Crippen molar-refractivity contribution in [2.75, 3.05) is 0 Å². The van der Waals surface area contributed by atoms with Crippen LogP contribution in [0.4, 0.5) is 0 Å². The fourth-order valence-corrected chi connectivity index (χ4v) is 6.43. The number of fused-ring (bicyclic) bond motifs is 6. The number of aryl methyl sites for hydroxylation is 2. The molecule has 4 nitrogen and oxygen atoms in total. The van der Waals surface area contributed by atoms with Gasteiger partial charge in [0.05, 0.1) is 5.76 Å². The predicted molar refractivity (Wildman–Crippen MR) is 191 cm³/mol. The van der Waals surface area contributed by atoms with Crippen LogP contribution < -0.4 is 0 Å². The topological polar surface area (TPSA) is 63.3 Å². The minimum Gasteiger partial charge on any atom is -0.512 e. The van der Waals surface area contributed by atoms with Crippen LogP contribution in [0, 0.1) is 25.8 Å². The first-order valence-corrected chi connectivity index (χ1v) is 15.7. The number of allylic oxidation sites excluding steroid dienone is 2. The van der Waals surface area contributed by atoms with Gasteiger partial charge in [-0.1, -0.05) is 85.5 Å². The van der Waals surface area contributed by atoms with Crippen molar-refractivity contribution in [2.45, 2.75) is 48.0 Å². The first-order chi connectivity index (χ1) is 22.1. The van der Waals surface area contributed by atoms with E-state index in [2.05, 4.69) is 119 Å². The summed E-state index contributed by atoms with van der Waals surface area (Å²) in [5.74, 6) is 0.465. The van der Waals surface area contributed by atoms with Crippen LogP contribution in [0.15, 0.2) is 107 Å². The maximum atomic E-state index is 10.0. The summed E-state index contributed by atoms with van der Waals surface area (Å²) in [6.07, 6.45) is 4.05. The van der Waals surface area contributed by atoms with Gasteiger partial charge in [0.15, 0.2) is 5.78 Å². The van der Waals surface area contributed by atoms with Crippen molar-refractivity contribution in [1.29, 1.82) is 0 Å². The maximum Gasteiger partial charge on any atom is 0.155 e. The zero-order chi connectivity index (χ0) is 32.5. The van der Waals surface area contributed by atoms with Crippen LogP contribution in [-0.2, 0) is 31.3 Å². The predicted octanol–water partition coefficient (Wildman–Crippen LogP) is 11.3. The van der Waals surface area contributed by atoms with Gasteiger partial charge in [-0.15, -0.1) is 29.1 Å². The van der Waals surface area contributed by atoms with Gasteiger partial charge in [0.25, 0.3) is 0 Å². The van der Waals surface area contributed by atoms with Crippen molar-refractivity contribution in [2.24, 2.45) is 5.92 Å². The van der Waals surface area contributed by atoms with Crippen LogP contribution in [0.3, 0.4) is 0 Å². The largest absolute Gasteiger partial charge is 0.512 e. The number of rotatable bonds is 5. The van der Waals surface area contributed by atoms with Crippen molar-refractivity contribution >= 4 is 49.3 Å². The Kier molecular flexibility index (Phi) is 10.1. The van der Waals surface area contributed by atoms with Gasteiger partial charge in [0.1, 0.15) is 11.2 Å². The molecule has 0 aliphatic rings. The molecular weight excluding hydrogens is 759 g/mol. The average Bonchev–Trinajstić information content (AvgIpc) is 3.41. The van der Waals surface area contributed by atoms with E-state index in [9.17, 15) is 4.79 Å². The van der Waals surface area contributed by atoms with Crippen molar-refractivity contribution in [3.8, 4) is 22.4 Å². The van der Waals surface area contributed by atoms with E-state index in [-0.39, 0.29) is 31.6 Å². The number of carbonyl (C=O) groups is 1. The molecule has 5 heteroatoms. The average molecular weight is 797 g/mol. The third-order valence-corrected chi connectivity index (χ3v) is 8.37. The Bertz CT molecular complexity index is 2290. The summed E-state index contributed by atoms with van der Waals surface area (Å²) in [6, 6.07) is 34.1. The summed E-state index contributed by atoms with van der Waals surface area (Å²) in [6.45, 7) is 11.7. The number of pyridine rings is 1. The van der Waals surface area contributed by atoms with Gasteiger partial charge in [0, 0.05) is 54.4 Å². The van der Waals surface area contributed by atoms with Gasteiger partial charge >= 0.3 is 0 Å². The Morgan fingerprint density at radius 3 is 2.30 bits per heavy atom. The third kappa shape index (κ3) is 6.79. The molecule has 239 valence electrons. The number of nitrogens with zero attached hydrogens (tertiary/aromatic N) is 1. The molecule has 0 unspecified atom stereocenters. The summed E-state index contributed by atoms with van der Waals surface area (Å²) in [7, 11) is 0. The molecule has 2 heterocycles. The van der Waals surface area contributed by atoms with E-state index in [1.165, 1.54) is 58.3 Å². The van der Waals surface area contributed by atoms with Gasteiger partial charge < -0.3 is 9.52 Å².